The van der Waals surface area contributed by atoms with E-state index in [2.05, 4.69) is 26.5 Å². The van der Waals surface area contributed by atoms with Gasteiger partial charge in [-0.05, 0) is 50.7 Å². The van der Waals surface area contributed by atoms with Gasteiger partial charge in [0.05, 0.1) is 6.04 Å². The van der Waals surface area contributed by atoms with Crippen molar-refractivity contribution in [1.82, 2.24) is 24.4 Å². The first-order chi connectivity index (χ1) is 10.8. The molecule has 0 saturated carbocycles. The third-order valence-corrected chi connectivity index (χ3v) is 4.39. The van der Waals surface area contributed by atoms with Gasteiger partial charge in [0.2, 0.25) is 0 Å². The van der Waals surface area contributed by atoms with Crippen molar-refractivity contribution in [2.45, 2.75) is 25.3 Å². The summed E-state index contributed by atoms with van der Waals surface area (Å²) in [6.45, 7) is 1.11. The second kappa shape index (κ2) is 5.50. The maximum absolute atomic E-state index is 4.88. The molecule has 5 heteroatoms. The summed E-state index contributed by atoms with van der Waals surface area (Å²) >= 11 is 0. The topological polar surface area (TPSA) is 46.8 Å². The highest BCUT2D eigenvalue weighted by Crippen LogP contribution is 2.32. The molecule has 3 aromatic rings. The van der Waals surface area contributed by atoms with Crippen LogP contribution in [0.5, 0.6) is 0 Å². The highest BCUT2D eigenvalue weighted by Gasteiger charge is 2.27. The lowest BCUT2D eigenvalue weighted by Crippen LogP contribution is -2.31. The van der Waals surface area contributed by atoms with Gasteiger partial charge in [-0.1, -0.05) is 12.5 Å². The standard InChI is InChI=1S/C17H19N5/c1-21-12-5-3-8-14(21)17-20-13-7-6-11-19-16(13)22(17)15-9-2-4-10-18-15/h2,4,6-7,9-11,14H,3,5,8,12H2,1H3. The molecule has 112 valence electrons. The number of pyridine rings is 2. The molecule has 22 heavy (non-hydrogen) atoms. The summed E-state index contributed by atoms with van der Waals surface area (Å²) in [5.74, 6) is 1.94. The van der Waals surface area contributed by atoms with Gasteiger partial charge in [0.25, 0.3) is 0 Å². The zero-order chi connectivity index (χ0) is 14.9. The molecule has 3 aromatic heterocycles. The van der Waals surface area contributed by atoms with Crippen LogP contribution in [0.25, 0.3) is 17.0 Å². The van der Waals surface area contributed by atoms with E-state index in [4.69, 9.17) is 4.98 Å². The third kappa shape index (κ3) is 2.18. The molecule has 0 radical (unpaired) electrons. The Bertz CT molecular complexity index is 780. The van der Waals surface area contributed by atoms with E-state index in [-0.39, 0.29) is 0 Å². The molecular formula is C17H19N5. The lowest BCUT2D eigenvalue weighted by atomic mass is 10.0. The SMILES string of the molecule is CN1CCCCC1c1nc2cccnc2n1-c1ccccn1. The molecule has 1 fully saturated rings. The molecule has 0 bridgehead atoms. The molecular weight excluding hydrogens is 274 g/mol. The second-order valence-corrected chi connectivity index (χ2v) is 5.83. The van der Waals surface area contributed by atoms with E-state index in [0.29, 0.717) is 6.04 Å². The zero-order valence-corrected chi connectivity index (χ0v) is 12.7. The summed E-state index contributed by atoms with van der Waals surface area (Å²) in [7, 11) is 2.18. The summed E-state index contributed by atoms with van der Waals surface area (Å²) < 4.78 is 2.11. The molecule has 1 aliphatic rings. The summed E-state index contributed by atoms with van der Waals surface area (Å²) in [5.41, 5.74) is 1.82. The minimum atomic E-state index is 0.324. The number of hydrogen-bond acceptors (Lipinski definition) is 4. The lowest BCUT2D eigenvalue weighted by molar-refractivity contribution is 0.178. The first-order valence-corrected chi connectivity index (χ1v) is 7.79. The second-order valence-electron chi connectivity index (χ2n) is 5.83. The minimum Gasteiger partial charge on any atom is -0.297 e. The first kappa shape index (κ1) is 13.4. The van der Waals surface area contributed by atoms with Crippen LogP contribution in [0.1, 0.15) is 31.1 Å². The van der Waals surface area contributed by atoms with Crippen LogP contribution in [0.15, 0.2) is 42.7 Å². The minimum absolute atomic E-state index is 0.324. The normalized spacial score (nSPS) is 19.6. The Hall–Kier alpha value is -2.27. The van der Waals surface area contributed by atoms with Crippen LogP contribution in [0, 0.1) is 0 Å². The summed E-state index contributed by atoms with van der Waals surface area (Å²) in [5, 5.41) is 0. The Kier molecular flexibility index (Phi) is 3.35. The van der Waals surface area contributed by atoms with Crippen LogP contribution in [-0.2, 0) is 0 Å². The molecule has 5 nitrogen and oxygen atoms in total. The van der Waals surface area contributed by atoms with E-state index in [1.165, 1.54) is 12.8 Å². The Morgan fingerprint density at radius 1 is 1.05 bits per heavy atom. The average Bonchev–Trinajstić information content (AvgIpc) is 2.95. The quantitative estimate of drug-likeness (QED) is 0.729. The fraction of sp³-hybridized carbons (Fsp3) is 0.353. The summed E-state index contributed by atoms with van der Waals surface area (Å²) in [6, 6.07) is 10.2. The van der Waals surface area contributed by atoms with E-state index in [9.17, 15) is 0 Å². The van der Waals surface area contributed by atoms with Crippen LogP contribution in [-0.4, -0.2) is 38.0 Å². The van der Waals surface area contributed by atoms with Crippen molar-refractivity contribution in [3.63, 3.8) is 0 Å². The monoisotopic (exact) mass is 293 g/mol. The van der Waals surface area contributed by atoms with E-state index in [1.54, 1.807) is 0 Å². The van der Waals surface area contributed by atoms with Crippen molar-refractivity contribution in [3.05, 3.63) is 48.5 Å². The van der Waals surface area contributed by atoms with Gasteiger partial charge in [-0.15, -0.1) is 0 Å². The fourth-order valence-electron chi connectivity index (χ4n) is 3.27. The molecule has 0 aliphatic carbocycles. The number of aromatic nitrogens is 4. The zero-order valence-electron chi connectivity index (χ0n) is 12.7. The van der Waals surface area contributed by atoms with Crippen LogP contribution in [0.4, 0.5) is 0 Å². The van der Waals surface area contributed by atoms with E-state index in [0.717, 1.165) is 35.8 Å². The maximum atomic E-state index is 4.88. The lowest BCUT2D eigenvalue weighted by Gasteiger charge is -2.32. The van der Waals surface area contributed by atoms with Gasteiger partial charge in [0.1, 0.15) is 17.2 Å². The van der Waals surface area contributed by atoms with E-state index in [1.807, 2.05) is 42.7 Å². The van der Waals surface area contributed by atoms with Crippen molar-refractivity contribution < 1.29 is 0 Å². The van der Waals surface area contributed by atoms with Crippen LogP contribution in [0.3, 0.4) is 0 Å². The van der Waals surface area contributed by atoms with Crippen LogP contribution < -0.4 is 0 Å². The molecule has 1 aliphatic heterocycles. The molecule has 0 aromatic carbocycles. The van der Waals surface area contributed by atoms with Crippen LogP contribution in [0.2, 0.25) is 0 Å². The molecule has 1 unspecified atom stereocenters. The molecule has 4 heterocycles. The Labute approximate surface area is 129 Å². The third-order valence-electron chi connectivity index (χ3n) is 4.39. The number of nitrogens with zero attached hydrogens (tertiary/aromatic N) is 5. The fourth-order valence-corrected chi connectivity index (χ4v) is 3.27. The Morgan fingerprint density at radius 3 is 2.77 bits per heavy atom. The van der Waals surface area contributed by atoms with Gasteiger partial charge in [-0.25, -0.2) is 15.0 Å². The number of hydrogen-bond donors (Lipinski definition) is 0. The van der Waals surface area contributed by atoms with Crippen molar-refractivity contribution >= 4 is 11.2 Å². The molecule has 0 amide bonds. The number of rotatable bonds is 2. The largest absolute Gasteiger partial charge is 0.297 e. The molecule has 1 saturated heterocycles. The van der Waals surface area contributed by atoms with Crippen molar-refractivity contribution in [2.75, 3.05) is 13.6 Å². The number of likely N-dealkylation sites (tertiary alicyclic amines) is 1. The number of piperidine rings is 1. The number of imidazole rings is 1. The van der Waals surface area contributed by atoms with Gasteiger partial charge in [0, 0.05) is 12.4 Å². The van der Waals surface area contributed by atoms with Crippen molar-refractivity contribution in [3.8, 4) is 5.82 Å². The Morgan fingerprint density at radius 2 is 1.95 bits per heavy atom. The summed E-state index contributed by atoms with van der Waals surface area (Å²) in [6.07, 6.45) is 7.27. The predicted octanol–water partition coefficient (Wildman–Crippen LogP) is 2.97. The van der Waals surface area contributed by atoms with E-state index >= 15 is 0 Å². The van der Waals surface area contributed by atoms with Crippen LogP contribution >= 0.6 is 0 Å². The van der Waals surface area contributed by atoms with Gasteiger partial charge in [0.15, 0.2) is 5.65 Å². The number of fused-ring (bicyclic) bond motifs is 1. The molecule has 4 rings (SSSR count). The predicted molar refractivity (Wildman–Crippen MR) is 85.9 cm³/mol. The van der Waals surface area contributed by atoms with E-state index < -0.39 is 0 Å². The first-order valence-electron chi connectivity index (χ1n) is 7.79. The highest BCUT2D eigenvalue weighted by molar-refractivity contribution is 5.73. The van der Waals surface area contributed by atoms with Gasteiger partial charge in [-0.2, -0.15) is 0 Å². The van der Waals surface area contributed by atoms with Crippen molar-refractivity contribution in [2.24, 2.45) is 0 Å². The summed E-state index contributed by atoms with van der Waals surface area (Å²) in [4.78, 5) is 16.3. The van der Waals surface area contributed by atoms with Gasteiger partial charge in [-0.3, -0.25) is 9.47 Å². The molecule has 0 spiro atoms. The smallest absolute Gasteiger partial charge is 0.165 e. The molecule has 1 atom stereocenters. The molecule has 0 N–H and O–H groups in total. The van der Waals surface area contributed by atoms with Gasteiger partial charge >= 0.3 is 0 Å². The Balaban J connectivity index is 1.94. The average molecular weight is 293 g/mol. The van der Waals surface area contributed by atoms with Crippen molar-refractivity contribution in [1.29, 1.82) is 0 Å². The maximum Gasteiger partial charge on any atom is 0.165 e. The highest BCUT2D eigenvalue weighted by atomic mass is 15.2. The van der Waals surface area contributed by atoms with Gasteiger partial charge < -0.3 is 0 Å².